The minimum atomic E-state index is -0.188. The maximum Gasteiger partial charge on any atom is 0.273 e. The molecule has 1 aromatic heterocycles. The third-order valence-electron chi connectivity index (χ3n) is 4.01. The molecule has 24 heavy (non-hydrogen) atoms. The number of carbonyl (C=O) groups is 1. The summed E-state index contributed by atoms with van der Waals surface area (Å²) < 4.78 is 1.64. The summed E-state index contributed by atoms with van der Waals surface area (Å²) in [5, 5.41) is 11.7. The first kappa shape index (κ1) is 18.4. The van der Waals surface area contributed by atoms with E-state index in [1.807, 2.05) is 19.1 Å². The van der Waals surface area contributed by atoms with E-state index in [1.54, 1.807) is 16.8 Å². The third kappa shape index (κ3) is 4.55. The van der Waals surface area contributed by atoms with Gasteiger partial charge in [0.2, 0.25) is 0 Å². The van der Waals surface area contributed by atoms with E-state index in [-0.39, 0.29) is 5.91 Å². The summed E-state index contributed by atoms with van der Waals surface area (Å²) in [7, 11) is 0. The molecule has 0 fully saturated rings. The molecule has 0 spiro atoms. The summed E-state index contributed by atoms with van der Waals surface area (Å²) >= 11 is 5.90. The average Bonchev–Trinajstić information content (AvgIpc) is 2.97. The van der Waals surface area contributed by atoms with Crippen molar-refractivity contribution in [1.29, 1.82) is 0 Å². The standard InChI is InChI=1S/C17H24ClN5O/c1-4-22(5-2)12-6-11-19-17(24)16-13(3)23(21-20-16)15-9-7-14(18)8-10-15/h7-10H,4-6,11-12H2,1-3H3,(H,19,24). The highest BCUT2D eigenvalue weighted by atomic mass is 35.5. The molecule has 0 unspecified atom stereocenters. The largest absolute Gasteiger partial charge is 0.351 e. The lowest BCUT2D eigenvalue weighted by Gasteiger charge is -2.17. The van der Waals surface area contributed by atoms with Crippen molar-refractivity contribution in [2.45, 2.75) is 27.2 Å². The van der Waals surface area contributed by atoms with Crippen LogP contribution in [0, 0.1) is 6.92 Å². The zero-order chi connectivity index (χ0) is 17.5. The van der Waals surface area contributed by atoms with Crippen LogP contribution in [0.5, 0.6) is 0 Å². The van der Waals surface area contributed by atoms with E-state index in [1.165, 1.54) is 0 Å². The van der Waals surface area contributed by atoms with Gasteiger partial charge >= 0.3 is 0 Å². The average molecular weight is 350 g/mol. The number of nitrogens with zero attached hydrogens (tertiary/aromatic N) is 4. The summed E-state index contributed by atoms with van der Waals surface area (Å²) in [5.41, 5.74) is 1.89. The topological polar surface area (TPSA) is 63.1 Å². The molecule has 6 nitrogen and oxygen atoms in total. The van der Waals surface area contributed by atoms with Crippen LogP contribution in [0.4, 0.5) is 0 Å². The fourth-order valence-corrected chi connectivity index (χ4v) is 2.62. The Kier molecular flexibility index (Phi) is 6.75. The van der Waals surface area contributed by atoms with Crippen LogP contribution < -0.4 is 5.32 Å². The highest BCUT2D eigenvalue weighted by molar-refractivity contribution is 6.30. The van der Waals surface area contributed by atoms with E-state index in [4.69, 9.17) is 11.6 Å². The molecule has 0 radical (unpaired) electrons. The van der Waals surface area contributed by atoms with E-state index in [9.17, 15) is 4.79 Å². The Bertz CT molecular complexity index is 664. The molecule has 0 bridgehead atoms. The Morgan fingerprint density at radius 1 is 1.25 bits per heavy atom. The Morgan fingerprint density at radius 3 is 2.54 bits per heavy atom. The monoisotopic (exact) mass is 349 g/mol. The fourth-order valence-electron chi connectivity index (χ4n) is 2.49. The molecule has 130 valence electrons. The minimum absolute atomic E-state index is 0.188. The van der Waals surface area contributed by atoms with Crippen molar-refractivity contribution >= 4 is 17.5 Å². The summed E-state index contributed by atoms with van der Waals surface area (Å²) in [6, 6.07) is 7.25. The Balaban J connectivity index is 1.95. The SMILES string of the molecule is CCN(CC)CCCNC(=O)c1nnn(-c2ccc(Cl)cc2)c1C. The smallest absolute Gasteiger partial charge is 0.273 e. The second-order valence-electron chi connectivity index (χ2n) is 5.55. The fraction of sp³-hybridized carbons (Fsp3) is 0.471. The lowest BCUT2D eigenvalue weighted by molar-refractivity contribution is 0.0946. The molecule has 1 heterocycles. The number of nitrogens with one attached hydrogen (secondary N) is 1. The molecule has 1 N–H and O–H groups in total. The van der Waals surface area contributed by atoms with Crippen LogP contribution >= 0.6 is 11.6 Å². The van der Waals surface area contributed by atoms with Gasteiger partial charge in [-0.15, -0.1) is 5.10 Å². The Labute approximate surface area is 147 Å². The van der Waals surface area contributed by atoms with Crippen LogP contribution in [0.1, 0.15) is 36.5 Å². The van der Waals surface area contributed by atoms with Gasteiger partial charge in [-0.1, -0.05) is 30.7 Å². The Hall–Kier alpha value is -1.92. The van der Waals surface area contributed by atoms with Crippen molar-refractivity contribution in [3.63, 3.8) is 0 Å². The zero-order valence-electron chi connectivity index (χ0n) is 14.4. The van der Waals surface area contributed by atoms with E-state index < -0.39 is 0 Å². The van der Waals surface area contributed by atoms with Gasteiger partial charge in [-0.3, -0.25) is 4.79 Å². The van der Waals surface area contributed by atoms with Crippen LogP contribution in [-0.2, 0) is 0 Å². The molecule has 1 aromatic carbocycles. The van der Waals surface area contributed by atoms with Gasteiger partial charge in [0.15, 0.2) is 5.69 Å². The normalized spacial score (nSPS) is 11.0. The number of hydrogen-bond acceptors (Lipinski definition) is 4. The number of rotatable bonds is 8. The number of carbonyl (C=O) groups excluding carboxylic acids is 1. The predicted molar refractivity (Wildman–Crippen MR) is 95.8 cm³/mol. The molecule has 7 heteroatoms. The van der Waals surface area contributed by atoms with Crippen molar-refractivity contribution in [2.24, 2.45) is 0 Å². The summed E-state index contributed by atoms with van der Waals surface area (Å²) in [6.45, 7) is 9.77. The van der Waals surface area contributed by atoms with Gasteiger partial charge in [-0.25, -0.2) is 4.68 Å². The van der Waals surface area contributed by atoms with Crippen LogP contribution in [0.15, 0.2) is 24.3 Å². The summed E-state index contributed by atoms with van der Waals surface area (Å²) in [4.78, 5) is 14.6. The van der Waals surface area contributed by atoms with Crippen LogP contribution in [-0.4, -0.2) is 52.0 Å². The van der Waals surface area contributed by atoms with Crippen LogP contribution in [0.3, 0.4) is 0 Å². The van der Waals surface area contributed by atoms with Gasteiger partial charge in [0.1, 0.15) is 0 Å². The molecule has 1 amide bonds. The maximum atomic E-state index is 12.3. The van der Waals surface area contributed by atoms with Crippen LogP contribution in [0.2, 0.25) is 5.02 Å². The predicted octanol–water partition coefficient (Wildman–Crippen LogP) is 2.69. The van der Waals surface area contributed by atoms with Crippen molar-refractivity contribution in [3.05, 3.63) is 40.7 Å². The van der Waals surface area contributed by atoms with Gasteiger partial charge < -0.3 is 10.2 Å². The molecule has 2 rings (SSSR count). The molecule has 0 saturated heterocycles. The molecule has 0 saturated carbocycles. The Morgan fingerprint density at radius 2 is 1.92 bits per heavy atom. The van der Waals surface area contributed by atoms with Crippen molar-refractivity contribution in [2.75, 3.05) is 26.2 Å². The first-order chi connectivity index (χ1) is 11.6. The van der Waals surface area contributed by atoms with Gasteiger partial charge in [0.05, 0.1) is 11.4 Å². The third-order valence-corrected chi connectivity index (χ3v) is 4.26. The second-order valence-corrected chi connectivity index (χ2v) is 5.98. The van der Waals surface area contributed by atoms with Crippen LogP contribution in [0.25, 0.3) is 5.69 Å². The number of benzene rings is 1. The first-order valence-electron chi connectivity index (χ1n) is 8.25. The number of aromatic nitrogens is 3. The summed E-state index contributed by atoms with van der Waals surface area (Å²) in [6.07, 6.45) is 0.914. The quantitative estimate of drug-likeness (QED) is 0.744. The van der Waals surface area contributed by atoms with E-state index in [0.29, 0.717) is 23.0 Å². The summed E-state index contributed by atoms with van der Waals surface area (Å²) in [5.74, 6) is -0.188. The number of halogens is 1. The van der Waals surface area contributed by atoms with E-state index in [2.05, 4.69) is 34.4 Å². The lowest BCUT2D eigenvalue weighted by atomic mass is 10.2. The molecular weight excluding hydrogens is 326 g/mol. The zero-order valence-corrected chi connectivity index (χ0v) is 15.2. The second kappa shape index (κ2) is 8.80. The van der Waals surface area contributed by atoms with Gasteiger partial charge in [-0.05, 0) is 57.2 Å². The van der Waals surface area contributed by atoms with E-state index >= 15 is 0 Å². The molecule has 0 aliphatic carbocycles. The highest BCUT2D eigenvalue weighted by Crippen LogP contribution is 2.15. The molecular formula is C17H24ClN5O. The van der Waals surface area contributed by atoms with E-state index in [0.717, 1.165) is 31.7 Å². The van der Waals surface area contributed by atoms with Crippen molar-refractivity contribution in [1.82, 2.24) is 25.2 Å². The number of hydrogen-bond donors (Lipinski definition) is 1. The molecule has 2 aromatic rings. The maximum absolute atomic E-state index is 12.3. The van der Waals surface area contributed by atoms with Gasteiger partial charge in [0.25, 0.3) is 5.91 Å². The van der Waals surface area contributed by atoms with Gasteiger partial charge in [-0.2, -0.15) is 0 Å². The first-order valence-corrected chi connectivity index (χ1v) is 8.63. The molecule has 0 atom stereocenters. The number of amides is 1. The molecule has 0 aliphatic rings. The van der Waals surface area contributed by atoms with Crippen molar-refractivity contribution < 1.29 is 4.79 Å². The molecule has 0 aliphatic heterocycles. The van der Waals surface area contributed by atoms with Gasteiger partial charge in [0, 0.05) is 11.6 Å². The lowest BCUT2D eigenvalue weighted by Crippen LogP contribution is -2.30. The minimum Gasteiger partial charge on any atom is -0.351 e. The van der Waals surface area contributed by atoms with Crippen molar-refractivity contribution in [3.8, 4) is 5.69 Å². The highest BCUT2D eigenvalue weighted by Gasteiger charge is 2.16.